The molecule has 1 aromatic carbocycles. The Labute approximate surface area is 97.5 Å². The van der Waals surface area contributed by atoms with E-state index in [2.05, 4.69) is 15.3 Å². The Kier molecular flexibility index (Phi) is 3.27. The zero-order valence-corrected chi connectivity index (χ0v) is 9.19. The number of nitrogens with one attached hydrogen (secondary N) is 1. The maximum Gasteiger partial charge on any atom is 0.217 e. The summed E-state index contributed by atoms with van der Waals surface area (Å²) < 4.78 is 25.9. The highest BCUT2D eigenvalue weighted by molar-refractivity contribution is 5.36. The van der Waals surface area contributed by atoms with Crippen LogP contribution in [0.4, 0.5) is 14.6 Å². The summed E-state index contributed by atoms with van der Waals surface area (Å²) in [6.45, 7) is 1.84. The van der Waals surface area contributed by atoms with E-state index in [-0.39, 0.29) is 11.9 Å². The van der Waals surface area contributed by atoms with Crippen molar-refractivity contribution in [3.05, 3.63) is 54.0 Å². The molecule has 0 bridgehead atoms. The van der Waals surface area contributed by atoms with Crippen LogP contribution in [-0.4, -0.2) is 9.97 Å². The fourth-order valence-corrected chi connectivity index (χ4v) is 1.49. The van der Waals surface area contributed by atoms with Crippen LogP contribution in [0.2, 0.25) is 0 Å². The van der Waals surface area contributed by atoms with Gasteiger partial charge >= 0.3 is 0 Å². The first-order valence-electron chi connectivity index (χ1n) is 5.14. The predicted octanol–water partition coefficient (Wildman–Crippen LogP) is 2.93. The van der Waals surface area contributed by atoms with E-state index >= 15 is 0 Å². The van der Waals surface area contributed by atoms with E-state index in [0.29, 0.717) is 5.82 Å². The van der Waals surface area contributed by atoms with E-state index in [9.17, 15) is 8.78 Å². The SMILES string of the molecule is CC(Nc1cc(F)ncn1)c1cccc(F)c1. The third-order valence-electron chi connectivity index (χ3n) is 2.35. The minimum atomic E-state index is -0.603. The molecule has 2 rings (SSSR count). The maximum absolute atomic E-state index is 13.0. The van der Waals surface area contributed by atoms with E-state index in [1.807, 2.05) is 6.92 Å². The van der Waals surface area contributed by atoms with Crippen molar-refractivity contribution in [1.29, 1.82) is 0 Å². The number of aromatic nitrogens is 2. The van der Waals surface area contributed by atoms with E-state index in [1.54, 1.807) is 12.1 Å². The third kappa shape index (κ3) is 2.96. The molecule has 88 valence electrons. The molecule has 1 N–H and O–H groups in total. The summed E-state index contributed by atoms with van der Waals surface area (Å²) in [6, 6.07) is 7.24. The van der Waals surface area contributed by atoms with Gasteiger partial charge in [0.2, 0.25) is 5.95 Å². The molecular formula is C12H11F2N3. The normalized spacial score (nSPS) is 12.2. The Hall–Kier alpha value is -2.04. The van der Waals surface area contributed by atoms with Gasteiger partial charge in [0.05, 0.1) is 6.04 Å². The first-order chi connectivity index (χ1) is 8.15. The molecule has 0 saturated heterocycles. The van der Waals surface area contributed by atoms with Gasteiger partial charge in [0.1, 0.15) is 18.0 Å². The summed E-state index contributed by atoms with van der Waals surface area (Å²) in [5.74, 6) is -0.534. The average Bonchev–Trinajstić information content (AvgIpc) is 2.29. The molecule has 0 amide bonds. The van der Waals surface area contributed by atoms with Crippen molar-refractivity contribution >= 4 is 5.82 Å². The minimum absolute atomic E-state index is 0.167. The summed E-state index contributed by atoms with van der Waals surface area (Å²) in [5, 5.41) is 2.97. The average molecular weight is 235 g/mol. The van der Waals surface area contributed by atoms with Gasteiger partial charge in [-0.3, -0.25) is 0 Å². The second-order valence-corrected chi connectivity index (χ2v) is 3.65. The molecule has 1 unspecified atom stereocenters. The number of benzene rings is 1. The number of anilines is 1. The molecule has 2 aromatic rings. The Morgan fingerprint density at radius 1 is 1.18 bits per heavy atom. The fraction of sp³-hybridized carbons (Fsp3) is 0.167. The quantitative estimate of drug-likeness (QED) is 0.831. The Bertz CT molecular complexity index is 517. The molecule has 5 heteroatoms. The molecule has 0 radical (unpaired) electrons. The lowest BCUT2D eigenvalue weighted by Gasteiger charge is -2.14. The van der Waals surface area contributed by atoms with Gasteiger partial charge in [-0.1, -0.05) is 12.1 Å². The monoisotopic (exact) mass is 235 g/mol. The van der Waals surface area contributed by atoms with Gasteiger partial charge in [0, 0.05) is 6.07 Å². The first-order valence-corrected chi connectivity index (χ1v) is 5.14. The van der Waals surface area contributed by atoms with Gasteiger partial charge in [-0.25, -0.2) is 14.4 Å². The largest absolute Gasteiger partial charge is 0.363 e. The Balaban J connectivity index is 2.14. The standard InChI is InChI=1S/C12H11F2N3/c1-8(9-3-2-4-10(13)5-9)17-12-6-11(14)15-7-16-12/h2-8H,1H3,(H,15,16,17). The lowest BCUT2D eigenvalue weighted by molar-refractivity contribution is 0.579. The van der Waals surface area contributed by atoms with E-state index in [1.165, 1.54) is 18.2 Å². The Morgan fingerprint density at radius 3 is 2.71 bits per heavy atom. The van der Waals surface area contributed by atoms with Crippen molar-refractivity contribution < 1.29 is 8.78 Å². The molecule has 1 heterocycles. The van der Waals surface area contributed by atoms with Gasteiger partial charge < -0.3 is 5.32 Å². The minimum Gasteiger partial charge on any atom is -0.363 e. The van der Waals surface area contributed by atoms with Crippen LogP contribution < -0.4 is 5.32 Å². The molecule has 0 aliphatic rings. The van der Waals surface area contributed by atoms with Gasteiger partial charge in [0.15, 0.2) is 0 Å². The number of halogens is 2. The third-order valence-corrected chi connectivity index (χ3v) is 2.35. The van der Waals surface area contributed by atoms with Gasteiger partial charge in [-0.2, -0.15) is 4.39 Å². The van der Waals surface area contributed by atoms with Crippen LogP contribution in [0.1, 0.15) is 18.5 Å². The van der Waals surface area contributed by atoms with Crippen molar-refractivity contribution in [3.63, 3.8) is 0 Å². The van der Waals surface area contributed by atoms with E-state index in [4.69, 9.17) is 0 Å². The van der Waals surface area contributed by atoms with Crippen molar-refractivity contribution in [2.45, 2.75) is 13.0 Å². The summed E-state index contributed by atoms with van der Waals surface area (Å²) in [6.07, 6.45) is 1.13. The molecule has 1 atom stereocenters. The second kappa shape index (κ2) is 4.86. The van der Waals surface area contributed by atoms with Crippen LogP contribution >= 0.6 is 0 Å². The van der Waals surface area contributed by atoms with E-state index in [0.717, 1.165) is 11.9 Å². The zero-order valence-electron chi connectivity index (χ0n) is 9.19. The van der Waals surface area contributed by atoms with Crippen LogP contribution in [0, 0.1) is 11.8 Å². The van der Waals surface area contributed by atoms with Crippen LogP contribution in [0.5, 0.6) is 0 Å². The molecular weight excluding hydrogens is 224 g/mol. The van der Waals surface area contributed by atoms with Crippen LogP contribution in [0.25, 0.3) is 0 Å². The molecule has 0 fully saturated rings. The highest BCUT2D eigenvalue weighted by Gasteiger charge is 2.07. The number of hydrogen-bond acceptors (Lipinski definition) is 3. The van der Waals surface area contributed by atoms with Crippen LogP contribution in [0.15, 0.2) is 36.7 Å². The van der Waals surface area contributed by atoms with Crippen molar-refractivity contribution in [3.8, 4) is 0 Å². The van der Waals surface area contributed by atoms with Crippen molar-refractivity contribution in [2.24, 2.45) is 0 Å². The smallest absolute Gasteiger partial charge is 0.217 e. The molecule has 17 heavy (non-hydrogen) atoms. The maximum atomic E-state index is 13.0. The van der Waals surface area contributed by atoms with E-state index < -0.39 is 5.95 Å². The summed E-state index contributed by atoms with van der Waals surface area (Å²) in [5.41, 5.74) is 0.768. The molecule has 1 aromatic heterocycles. The second-order valence-electron chi connectivity index (χ2n) is 3.65. The summed E-state index contributed by atoms with van der Waals surface area (Å²) >= 11 is 0. The first kappa shape index (κ1) is 11.4. The number of rotatable bonds is 3. The lowest BCUT2D eigenvalue weighted by atomic mass is 10.1. The highest BCUT2D eigenvalue weighted by atomic mass is 19.1. The summed E-state index contributed by atoms with van der Waals surface area (Å²) in [7, 11) is 0. The highest BCUT2D eigenvalue weighted by Crippen LogP contribution is 2.18. The zero-order chi connectivity index (χ0) is 12.3. The lowest BCUT2D eigenvalue weighted by Crippen LogP contribution is -2.08. The molecule has 0 aliphatic carbocycles. The van der Waals surface area contributed by atoms with Gasteiger partial charge in [-0.15, -0.1) is 0 Å². The number of hydrogen-bond donors (Lipinski definition) is 1. The van der Waals surface area contributed by atoms with Gasteiger partial charge in [0.25, 0.3) is 0 Å². The number of nitrogens with zero attached hydrogens (tertiary/aromatic N) is 2. The van der Waals surface area contributed by atoms with Crippen LogP contribution in [-0.2, 0) is 0 Å². The predicted molar refractivity (Wildman–Crippen MR) is 60.4 cm³/mol. The molecule has 0 saturated carbocycles. The van der Waals surface area contributed by atoms with Crippen molar-refractivity contribution in [1.82, 2.24) is 9.97 Å². The topological polar surface area (TPSA) is 37.8 Å². The van der Waals surface area contributed by atoms with Crippen LogP contribution in [0.3, 0.4) is 0 Å². The molecule has 0 aliphatic heterocycles. The summed E-state index contributed by atoms with van der Waals surface area (Å²) in [4.78, 5) is 7.23. The Morgan fingerprint density at radius 2 is 2.00 bits per heavy atom. The van der Waals surface area contributed by atoms with Gasteiger partial charge in [-0.05, 0) is 24.6 Å². The molecule has 3 nitrogen and oxygen atoms in total. The van der Waals surface area contributed by atoms with Crippen molar-refractivity contribution in [2.75, 3.05) is 5.32 Å². The molecule has 0 spiro atoms. The fourth-order valence-electron chi connectivity index (χ4n) is 1.49.